The molecule has 1 aliphatic heterocycles. The number of rotatable bonds is 5. The highest BCUT2D eigenvalue weighted by molar-refractivity contribution is 5.47. The zero-order chi connectivity index (χ0) is 12.8. The van der Waals surface area contributed by atoms with Crippen LogP contribution >= 0.6 is 0 Å². The third kappa shape index (κ3) is 3.82. The Morgan fingerprint density at radius 1 is 1.33 bits per heavy atom. The number of ether oxygens (including phenoxy) is 1. The standard InChI is InChI=1S/C12H21N5O/c1-16(2)12-9-11(14-10-15-12)13-3-4-17-5-7-18-8-6-17/h9-10H,3-8H2,1-2H3,(H,13,14,15). The summed E-state index contributed by atoms with van der Waals surface area (Å²) in [6, 6.07) is 1.96. The van der Waals surface area contributed by atoms with Crippen LogP contribution in [0.25, 0.3) is 0 Å². The number of morpholine rings is 1. The van der Waals surface area contributed by atoms with Crippen LogP contribution in [0.5, 0.6) is 0 Å². The second-order valence-electron chi connectivity index (χ2n) is 4.54. The Labute approximate surface area is 108 Å². The van der Waals surface area contributed by atoms with Crippen LogP contribution < -0.4 is 10.2 Å². The van der Waals surface area contributed by atoms with Gasteiger partial charge in [-0.15, -0.1) is 0 Å². The van der Waals surface area contributed by atoms with Crippen molar-refractivity contribution in [3.05, 3.63) is 12.4 Å². The molecule has 1 aliphatic rings. The quantitative estimate of drug-likeness (QED) is 0.811. The Hall–Kier alpha value is -1.40. The second-order valence-corrected chi connectivity index (χ2v) is 4.54. The average molecular weight is 251 g/mol. The molecule has 0 bridgehead atoms. The molecule has 1 aromatic rings. The minimum absolute atomic E-state index is 0.846. The Morgan fingerprint density at radius 3 is 2.83 bits per heavy atom. The molecule has 0 saturated carbocycles. The van der Waals surface area contributed by atoms with E-state index in [0.29, 0.717) is 0 Å². The fourth-order valence-corrected chi connectivity index (χ4v) is 1.86. The molecule has 6 heteroatoms. The maximum Gasteiger partial charge on any atom is 0.133 e. The van der Waals surface area contributed by atoms with Crippen LogP contribution in [0.2, 0.25) is 0 Å². The first-order valence-corrected chi connectivity index (χ1v) is 6.29. The monoisotopic (exact) mass is 251 g/mol. The largest absolute Gasteiger partial charge is 0.379 e. The van der Waals surface area contributed by atoms with Crippen molar-refractivity contribution in [1.29, 1.82) is 0 Å². The predicted octanol–water partition coefficient (Wildman–Crippen LogP) is 0.287. The first-order chi connectivity index (χ1) is 8.75. The molecule has 1 N–H and O–H groups in total. The van der Waals surface area contributed by atoms with Crippen LogP contribution in [0.1, 0.15) is 0 Å². The van der Waals surface area contributed by atoms with Gasteiger partial charge in [0.15, 0.2) is 0 Å². The van der Waals surface area contributed by atoms with E-state index in [-0.39, 0.29) is 0 Å². The average Bonchev–Trinajstić information content (AvgIpc) is 2.40. The Kier molecular flexibility index (Phi) is 4.72. The molecule has 1 saturated heterocycles. The number of hydrogen-bond acceptors (Lipinski definition) is 6. The summed E-state index contributed by atoms with van der Waals surface area (Å²) in [5, 5.41) is 3.33. The minimum atomic E-state index is 0.846. The normalized spacial score (nSPS) is 16.6. The van der Waals surface area contributed by atoms with Crippen molar-refractivity contribution in [2.24, 2.45) is 0 Å². The van der Waals surface area contributed by atoms with E-state index in [1.807, 2.05) is 25.1 Å². The number of nitrogens with one attached hydrogen (secondary N) is 1. The summed E-state index contributed by atoms with van der Waals surface area (Å²) >= 11 is 0. The van der Waals surface area contributed by atoms with Gasteiger partial charge >= 0.3 is 0 Å². The lowest BCUT2D eigenvalue weighted by molar-refractivity contribution is 0.0398. The van der Waals surface area contributed by atoms with E-state index < -0.39 is 0 Å². The van der Waals surface area contributed by atoms with Gasteiger partial charge in [-0.3, -0.25) is 4.90 Å². The lowest BCUT2D eigenvalue weighted by Crippen LogP contribution is -2.39. The zero-order valence-corrected chi connectivity index (χ0v) is 11.1. The van der Waals surface area contributed by atoms with Gasteiger partial charge < -0.3 is 15.0 Å². The number of anilines is 2. The fourth-order valence-electron chi connectivity index (χ4n) is 1.86. The summed E-state index contributed by atoms with van der Waals surface area (Å²) in [4.78, 5) is 12.8. The lowest BCUT2D eigenvalue weighted by Gasteiger charge is -2.26. The number of aromatic nitrogens is 2. The second kappa shape index (κ2) is 6.51. The van der Waals surface area contributed by atoms with E-state index in [1.54, 1.807) is 6.33 Å². The number of nitrogens with zero attached hydrogens (tertiary/aromatic N) is 4. The van der Waals surface area contributed by atoms with E-state index in [4.69, 9.17) is 4.74 Å². The highest BCUT2D eigenvalue weighted by Gasteiger charge is 2.09. The molecule has 0 radical (unpaired) electrons. The molecule has 2 rings (SSSR count). The maximum absolute atomic E-state index is 5.32. The van der Waals surface area contributed by atoms with Crippen LogP contribution in [0.15, 0.2) is 12.4 Å². The lowest BCUT2D eigenvalue weighted by atomic mass is 10.4. The molecule has 2 heterocycles. The molecule has 18 heavy (non-hydrogen) atoms. The van der Waals surface area contributed by atoms with E-state index >= 15 is 0 Å². The molecule has 6 nitrogen and oxygen atoms in total. The first kappa shape index (κ1) is 13.0. The molecule has 1 fully saturated rings. The first-order valence-electron chi connectivity index (χ1n) is 6.29. The summed E-state index contributed by atoms with van der Waals surface area (Å²) in [5.41, 5.74) is 0. The summed E-state index contributed by atoms with van der Waals surface area (Å²) < 4.78 is 5.32. The zero-order valence-electron chi connectivity index (χ0n) is 11.1. The van der Waals surface area contributed by atoms with Crippen LogP contribution in [-0.4, -0.2) is 68.4 Å². The molecule has 0 aliphatic carbocycles. The van der Waals surface area contributed by atoms with Crippen LogP contribution in [-0.2, 0) is 4.74 Å². The molecule has 0 unspecified atom stereocenters. The highest BCUT2D eigenvalue weighted by atomic mass is 16.5. The molecule has 0 aromatic carbocycles. The third-order valence-corrected chi connectivity index (χ3v) is 2.95. The van der Waals surface area contributed by atoms with Gasteiger partial charge in [0.1, 0.15) is 18.0 Å². The molecular formula is C12H21N5O. The summed E-state index contributed by atoms with van der Waals surface area (Å²) in [6.07, 6.45) is 1.59. The van der Waals surface area contributed by atoms with Crippen molar-refractivity contribution in [2.45, 2.75) is 0 Å². The van der Waals surface area contributed by atoms with Gasteiger partial charge in [-0.2, -0.15) is 0 Å². The number of hydrogen-bond donors (Lipinski definition) is 1. The van der Waals surface area contributed by atoms with Crippen molar-refractivity contribution in [3.63, 3.8) is 0 Å². The molecule has 1 aromatic heterocycles. The highest BCUT2D eigenvalue weighted by Crippen LogP contribution is 2.10. The van der Waals surface area contributed by atoms with E-state index in [2.05, 4.69) is 20.2 Å². The van der Waals surface area contributed by atoms with Crippen molar-refractivity contribution in [2.75, 3.05) is 63.7 Å². The van der Waals surface area contributed by atoms with Crippen molar-refractivity contribution >= 4 is 11.6 Å². The van der Waals surface area contributed by atoms with E-state index in [9.17, 15) is 0 Å². The van der Waals surface area contributed by atoms with Crippen LogP contribution in [0.3, 0.4) is 0 Å². The molecule has 0 spiro atoms. The Morgan fingerprint density at radius 2 is 2.11 bits per heavy atom. The van der Waals surface area contributed by atoms with Gasteiger partial charge in [0.05, 0.1) is 13.2 Å². The van der Waals surface area contributed by atoms with Gasteiger partial charge in [-0.25, -0.2) is 9.97 Å². The maximum atomic E-state index is 5.32. The molecular weight excluding hydrogens is 230 g/mol. The molecule has 0 amide bonds. The predicted molar refractivity (Wildman–Crippen MR) is 72.1 cm³/mol. The van der Waals surface area contributed by atoms with Crippen LogP contribution in [0.4, 0.5) is 11.6 Å². The molecule has 0 atom stereocenters. The fraction of sp³-hybridized carbons (Fsp3) is 0.667. The van der Waals surface area contributed by atoms with Gasteiger partial charge in [-0.05, 0) is 0 Å². The topological polar surface area (TPSA) is 53.5 Å². The third-order valence-electron chi connectivity index (χ3n) is 2.95. The van der Waals surface area contributed by atoms with Gasteiger partial charge in [0.2, 0.25) is 0 Å². The summed E-state index contributed by atoms with van der Waals surface area (Å²) in [7, 11) is 3.94. The SMILES string of the molecule is CN(C)c1cc(NCCN2CCOCC2)ncn1. The summed E-state index contributed by atoms with van der Waals surface area (Å²) in [6.45, 7) is 5.65. The van der Waals surface area contributed by atoms with Crippen molar-refractivity contribution < 1.29 is 4.74 Å². The molecule has 100 valence electrons. The van der Waals surface area contributed by atoms with Crippen LogP contribution in [0, 0.1) is 0 Å². The minimum Gasteiger partial charge on any atom is -0.379 e. The van der Waals surface area contributed by atoms with E-state index in [1.165, 1.54) is 0 Å². The van der Waals surface area contributed by atoms with Crippen molar-refractivity contribution in [1.82, 2.24) is 14.9 Å². The Balaban J connectivity index is 1.77. The van der Waals surface area contributed by atoms with Gasteiger partial charge in [0.25, 0.3) is 0 Å². The van der Waals surface area contributed by atoms with Gasteiger partial charge in [-0.1, -0.05) is 0 Å². The van der Waals surface area contributed by atoms with Gasteiger partial charge in [0, 0.05) is 46.3 Å². The smallest absolute Gasteiger partial charge is 0.133 e. The van der Waals surface area contributed by atoms with E-state index in [0.717, 1.165) is 51.0 Å². The van der Waals surface area contributed by atoms with Crippen molar-refractivity contribution in [3.8, 4) is 0 Å². The summed E-state index contributed by atoms with van der Waals surface area (Å²) in [5.74, 6) is 1.79. The Bertz CT molecular complexity index is 365.